The molecule has 0 saturated carbocycles. The van der Waals surface area contributed by atoms with E-state index in [1.165, 1.54) is 18.2 Å². The van der Waals surface area contributed by atoms with Gasteiger partial charge in [-0.15, -0.1) is 0 Å². The van der Waals surface area contributed by atoms with Gasteiger partial charge in [0.05, 0.1) is 17.5 Å². The van der Waals surface area contributed by atoms with Gasteiger partial charge in [0.15, 0.2) is 5.78 Å². The van der Waals surface area contributed by atoms with E-state index in [9.17, 15) is 22.4 Å². The number of carbonyl (C=O) groups excluding carboxylic acids is 1. The first kappa shape index (κ1) is 18.9. The van der Waals surface area contributed by atoms with Gasteiger partial charge in [0.25, 0.3) is 0 Å². The second-order valence-corrected chi connectivity index (χ2v) is 7.50. The largest absolute Gasteiger partial charge is 0.486 e. The normalized spacial score (nSPS) is 19.4. The third-order valence-electron chi connectivity index (χ3n) is 5.51. The smallest absolute Gasteiger partial charge is 0.416 e. The average Bonchev–Trinajstić information content (AvgIpc) is 2.64. The van der Waals surface area contributed by atoms with E-state index in [4.69, 9.17) is 4.74 Å². The second kappa shape index (κ2) is 6.88. The molecule has 1 saturated heterocycles. The number of alkyl halides is 3. The molecule has 3 nitrogen and oxygen atoms in total. The minimum atomic E-state index is -4.48. The summed E-state index contributed by atoms with van der Waals surface area (Å²) in [7, 11) is 0. The van der Waals surface area contributed by atoms with Crippen LogP contribution in [0.3, 0.4) is 0 Å². The van der Waals surface area contributed by atoms with Gasteiger partial charge < -0.3 is 4.74 Å². The van der Waals surface area contributed by atoms with E-state index in [2.05, 4.69) is 4.90 Å². The van der Waals surface area contributed by atoms with Crippen LogP contribution in [0.2, 0.25) is 0 Å². The molecule has 0 amide bonds. The summed E-state index contributed by atoms with van der Waals surface area (Å²) in [5.74, 6) is -0.438. The first-order chi connectivity index (χ1) is 13.2. The van der Waals surface area contributed by atoms with Crippen molar-refractivity contribution in [2.75, 3.05) is 13.1 Å². The van der Waals surface area contributed by atoms with Crippen molar-refractivity contribution >= 4 is 5.78 Å². The molecule has 7 heteroatoms. The molecule has 0 N–H and O–H groups in total. The van der Waals surface area contributed by atoms with Gasteiger partial charge in [0.2, 0.25) is 0 Å². The Labute approximate surface area is 159 Å². The number of benzene rings is 2. The number of hydrogen-bond donors (Lipinski definition) is 0. The zero-order chi connectivity index (χ0) is 19.9. The summed E-state index contributed by atoms with van der Waals surface area (Å²) >= 11 is 0. The van der Waals surface area contributed by atoms with Crippen LogP contribution in [0.5, 0.6) is 5.75 Å². The molecule has 0 aromatic heterocycles. The van der Waals surface area contributed by atoms with Crippen LogP contribution in [0.15, 0.2) is 42.5 Å². The van der Waals surface area contributed by atoms with Gasteiger partial charge in [-0.25, -0.2) is 4.39 Å². The third-order valence-corrected chi connectivity index (χ3v) is 5.51. The Morgan fingerprint density at radius 3 is 2.36 bits per heavy atom. The molecule has 148 valence electrons. The van der Waals surface area contributed by atoms with Crippen molar-refractivity contribution in [3.63, 3.8) is 0 Å². The quantitative estimate of drug-likeness (QED) is 0.684. The van der Waals surface area contributed by atoms with Crippen LogP contribution in [0.1, 0.15) is 40.7 Å². The van der Waals surface area contributed by atoms with Crippen LogP contribution in [0.25, 0.3) is 0 Å². The molecule has 0 atom stereocenters. The summed E-state index contributed by atoms with van der Waals surface area (Å²) in [6.07, 6.45) is -3.20. The third kappa shape index (κ3) is 3.76. The fourth-order valence-electron chi connectivity index (χ4n) is 3.92. The van der Waals surface area contributed by atoms with Crippen molar-refractivity contribution < 1.29 is 27.1 Å². The van der Waals surface area contributed by atoms with E-state index in [0.29, 0.717) is 32.5 Å². The molecule has 0 unspecified atom stereocenters. The minimum Gasteiger partial charge on any atom is -0.486 e. The molecule has 0 radical (unpaired) electrons. The summed E-state index contributed by atoms with van der Waals surface area (Å²) in [5, 5.41) is 0. The van der Waals surface area contributed by atoms with Gasteiger partial charge >= 0.3 is 6.18 Å². The summed E-state index contributed by atoms with van der Waals surface area (Å²) in [5.41, 5.74) is -0.372. The first-order valence-electron chi connectivity index (χ1n) is 9.14. The predicted octanol–water partition coefficient (Wildman–Crippen LogP) is 4.84. The lowest BCUT2D eigenvalue weighted by Gasteiger charge is -2.44. The number of nitrogens with zero attached hydrogens (tertiary/aromatic N) is 1. The van der Waals surface area contributed by atoms with Crippen LogP contribution >= 0.6 is 0 Å². The molecule has 2 aliphatic rings. The molecule has 0 bridgehead atoms. The average molecular weight is 393 g/mol. The van der Waals surface area contributed by atoms with Crippen LogP contribution in [0.4, 0.5) is 17.6 Å². The lowest BCUT2D eigenvalue weighted by Crippen LogP contribution is -2.50. The van der Waals surface area contributed by atoms with E-state index >= 15 is 0 Å². The number of ether oxygens (including phenoxy) is 1. The highest BCUT2D eigenvalue weighted by Gasteiger charge is 2.43. The summed E-state index contributed by atoms with van der Waals surface area (Å²) in [4.78, 5) is 14.7. The molecule has 2 aromatic carbocycles. The summed E-state index contributed by atoms with van der Waals surface area (Å²) in [6.45, 7) is 1.96. The van der Waals surface area contributed by atoms with E-state index in [1.54, 1.807) is 12.1 Å². The van der Waals surface area contributed by atoms with Gasteiger partial charge in [-0.1, -0.05) is 12.1 Å². The van der Waals surface area contributed by atoms with Crippen molar-refractivity contribution in [2.45, 2.75) is 37.6 Å². The van der Waals surface area contributed by atoms with E-state index in [0.717, 1.165) is 17.7 Å². The Morgan fingerprint density at radius 2 is 1.71 bits per heavy atom. The highest BCUT2D eigenvalue weighted by atomic mass is 19.4. The molecular formula is C21H19F4NO2. The minimum absolute atomic E-state index is 0.0260. The number of ketones is 1. The summed E-state index contributed by atoms with van der Waals surface area (Å²) in [6, 6.07) is 9.35. The number of rotatable bonds is 2. The van der Waals surface area contributed by atoms with Crippen molar-refractivity contribution in [1.82, 2.24) is 4.90 Å². The van der Waals surface area contributed by atoms with Gasteiger partial charge in [0, 0.05) is 32.5 Å². The molecule has 2 aromatic rings. The van der Waals surface area contributed by atoms with Crippen LogP contribution < -0.4 is 4.74 Å². The Morgan fingerprint density at radius 1 is 1.04 bits per heavy atom. The number of carbonyl (C=O) groups is 1. The highest BCUT2D eigenvalue weighted by Crippen LogP contribution is 2.42. The lowest BCUT2D eigenvalue weighted by atomic mass is 9.82. The summed E-state index contributed by atoms with van der Waals surface area (Å²) < 4.78 is 58.0. The van der Waals surface area contributed by atoms with E-state index in [-0.39, 0.29) is 29.3 Å². The van der Waals surface area contributed by atoms with E-state index < -0.39 is 17.3 Å². The van der Waals surface area contributed by atoms with Crippen molar-refractivity contribution in [2.24, 2.45) is 0 Å². The van der Waals surface area contributed by atoms with Gasteiger partial charge in [-0.2, -0.15) is 13.2 Å². The molecule has 2 aliphatic heterocycles. The van der Waals surface area contributed by atoms with Gasteiger partial charge in [-0.3, -0.25) is 9.69 Å². The maximum absolute atomic E-state index is 13.0. The topological polar surface area (TPSA) is 29.5 Å². The standard InChI is InChI=1S/C21H19F4NO2/c22-16-4-1-14(2-5-16)13-26-9-7-20(8-10-26)12-18(27)17-6-3-15(21(23,24)25)11-19(17)28-20/h1-6,11H,7-10,12-13H2. The Balaban J connectivity index is 1.47. The fraction of sp³-hybridized carbons (Fsp3) is 0.381. The van der Waals surface area contributed by atoms with Crippen molar-refractivity contribution in [3.8, 4) is 5.75 Å². The first-order valence-corrected chi connectivity index (χ1v) is 9.14. The SMILES string of the molecule is O=C1CC2(CCN(Cc3ccc(F)cc3)CC2)Oc2cc(C(F)(F)F)ccc21. The number of Topliss-reactive ketones (excluding diaryl/α,β-unsaturated/α-hetero) is 1. The van der Waals surface area contributed by atoms with Crippen LogP contribution in [-0.2, 0) is 12.7 Å². The Bertz CT molecular complexity index is 884. The molecular weight excluding hydrogens is 374 g/mol. The monoisotopic (exact) mass is 393 g/mol. The predicted molar refractivity (Wildman–Crippen MR) is 94.7 cm³/mol. The maximum atomic E-state index is 13.0. The number of likely N-dealkylation sites (tertiary alicyclic amines) is 1. The van der Waals surface area contributed by atoms with Gasteiger partial charge in [-0.05, 0) is 35.9 Å². The molecule has 2 heterocycles. The zero-order valence-electron chi connectivity index (χ0n) is 15.1. The maximum Gasteiger partial charge on any atom is 0.416 e. The number of halogens is 4. The second-order valence-electron chi connectivity index (χ2n) is 7.50. The van der Waals surface area contributed by atoms with Crippen molar-refractivity contribution in [1.29, 1.82) is 0 Å². The Hall–Kier alpha value is -2.41. The number of hydrogen-bond acceptors (Lipinski definition) is 3. The van der Waals surface area contributed by atoms with Crippen LogP contribution in [0, 0.1) is 5.82 Å². The number of fused-ring (bicyclic) bond motifs is 1. The zero-order valence-corrected chi connectivity index (χ0v) is 15.1. The Kier molecular flexibility index (Phi) is 4.65. The fourth-order valence-corrected chi connectivity index (χ4v) is 3.92. The molecule has 4 rings (SSSR count). The lowest BCUT2D eigenvalue weighted by molar-refractivity contribution is -0.137. The molecule has 1 spiro atoms. The molecule has 28 heavy (non-hydrogen) atoms. The highest BCUT2D eigenvalue weighted by molar-refractivity contribution is 6.00. The van der Waals surface area contributed by atoms with E-state index in [1.807, 2.05) is 0 Å². The molecule has 1 fully saturated rings. The number of piperidine rings is 1. The van der Waals surface area contributed by atoms with Gasteiger partial charge in [0.1, 0.15) is 17.2 Å². The van der Waals surface area contributed by atoms with Crippen LogP contribution in [-0.4, -0.2) is 29.4 Å². The molecule has 0 aliphatic carbocycles. The van der Waals surface area contributed by atoms with Crippen molar-refractivity contribution in [3.05, 3.63) is 65.0 Å².